The lowest BCUT2D eigenvalue weighted by molar-refractivity contribution is 0.299. The Balaban J connectivity index is 2.60. The van der Waals surface area contributed by atoms with E-state index in [2.05, 4.69) is 13.8 Å². The number of rotatable bonds is 4. The summed E-state index contributed by atoms with van der Waals surface area (Å²) in [6, 6.07) is 1.18. The predicted octanol–water partition coefficient (Wildman–Crippen LogP) is -1.06. The van der Waals surface area contributed by atoms with Crippen LogP contribution in [0.2, 0.25) is 6.04 Å². The Hall–Kier alpha value is 0.531. The standard InChI is InChI=1S/C7H21NO2Si3/c1-3-7(8)13(10-4-2)6-5-9-11-12-13/h7H,3-6,8,11-12H2,1-2H3. The second-order valence-electron chi connectivity index (χ2n) is 3.62. The average Bonchev–Trinajstić information content (AvgIpc) is 2.18. The summed E-state index contributed by atoms with van der Waals surface area (Å²) < 4.78 is 11.6. The zero-order valence-corrected chi connectivity index (χ0v) is 12.5. The molecule has 78 valence electrons. The highest BCUT2D eigenvalue weighted by atomic mass is 29.6. The third-order valence-electron chi connectivity index (χ3n) is 2.89. The minimum Gasteiger partial charge on any atom is -0.428 e. The van der Waals surface area contributed by atoms with Crippen molar-refractivity contribution >= 4 is 25.7 Å². The van der Waals surface area contributed by atoms with Gasteiger partial charge in [0.1, 0.15) is 9.28 Å². The van der Waals surface area contributed by atoms with Crippen molar-refractivity contribution in [2.75, 3.05) is 13.2 Å². The van der Waals surface area contributed by atoms with Gasteiger partial charge in [0.2, 0.25) is 0 Å². The molecule has 0 bridgehead atoms. The van der Waals surface area contributed by atoms with E-state index in [9.17, 15) is 0 Å². The van der Waals surface area contributed by atoms with E-state index in [1.165, 1.54) is 6.04 Å². The monoisotopic (exact) mass is 235 g/mol. The molecule has 0 spiro atoms. The van der Waals surface area contributed by atoms with Crippen LogP contribution in [-0.4, -0.2) is 44.5 Å². The molecule has 0 saturated carbocycles. The summed E-state index contributed by atoms with van der Waals surface area (Å²) >= 11 is 0. The summed E-state index contributed by atoms with van der Waals surface area (Å²) in [6.07, 6.45) is 1.09. The number of nitrogens with two attached hydrogens (primary N) is 1. The van der Waals surface area contributed by atoms with Gasteiger partial charge in [0.15, 0.2) is 7.83 Å². The van der Waals surface area contributed by atoms with Crippen LogP contribution in [0.1, 0.15) is 20.3 Å². The van der Waals surface area contributed by atoms with Crippen molar-refractivity contribution in [1.82, 2.24) is 0 Å². The van der Waals surface area contributed by atoms with E-state index in [0.717, 1.165) is 19.6 Å². The quantitative estimate of drug-likeness (QED) is 0.632. The fourth-order valence-electron chi connectivity index (χ4n) is 2.00. The van der Waals surface area contributed by atoms with Crippen molar-refractivity contribution < 1.29 is 8.85 Å². The highest BCUT2D eigenvalue weighted by Crippen LogP contribution is 2.18. The van der Waals surface area contributed by atoms with E-state index in [0.29, 0.717) is 5.67 Å². The first kappa shape index (κ1) is 11.6. The normalized spacial score (nSPS) is 35.3. The van der Waals surface area contributed by atoms with Crippen LogP contribution in [-0.2, 0) is 8.85 Å². The van der Waals surface area contributed by atoms with Crippen LogP contribution in [0, 0.1) is 0 Å². The Bertz CT molecular complexity index is 147. The predicted molar refractivity (Wildman–Crippen MR) is 63.5 cm³/mol. The SMILES string of the molecule is CCO[Si]1(C(N)CC)CCO[SiH2][SiH2]1. The van der Waals surface area contributed by atoms with E-state index in [1.807, 2.05) is 0 Å². The molecule has 1 rings (SSSR count). The van der Waals surface area contributed by atoms with Gasteiger partial charge < -0.3 is 14.6 Å². The molecule has 2 unspecified atom stereocenters. The molecule has 3 nitrogen and oxygen atoms in total. The van der Waals surface area contributed by atoms with Gasteiger partial charge in [-0.05, 0) is 19.4 Å². The van der Waals surface area contributed by atoms with Gasteiger partial charge in [-0.1, -0.05) is 6.92 Å². The Morgan fingerprint density at radius 2 is 2.38 bits per heavy atom. The highest BCUT2D eigenvalue weighted by Gasteiger charge is 2.42. The van der Waals surface area contributed by atoms with Gasteiger partial charge in [0, 0.05) is 18.9 Å². The van der Waals surface area contributed by atoms with Crippen molar-refractivity contribution in [3.8, 4) is 0 Å². The van der Waals surface area contributed by atoms with Gasteiger partial charge in [-0.3, -0.25) is 0 Å². The Morgan fingerprint density at radius 1 is 1.62 bits per heavy atom. The van der Waals surface area contributed by atoms with Gasteiger partial charge >= 0.3 is 0 Å². The summed E-state index contributed by atoms with van der Waals surface area (Å²) in [5.41, 5.74) is 6.59. The van der Waals surface area contributed by atoms with E-state index in [4.69, 9.17) is 14.6 Å². The maximum Gasteiger partial charge on any atom is 0.190 e. The second kappa shape index (κ2) is 5.42. The van der Waals surface area contributed by atoms with E-state index in [1.54, 1.807) is 0 Å². The molecule has 1 saturated heterocycles. The molecular weight excluding hydrogens is 214 g/mol. The van der Waals surface area contributed by atoms with Gasteiger partial charge in [-0.25, -0.2) is 0 Å². The maximum absolute atomic E-state index is 6.21. The second-order valence-corrected chi connectivity index (χ2v) is 19.4. The molecule has 0 aromatic carbocycles. The zero-order chi connectivity index (χ0) is 9.73. The van der Waals surface area contributed by atoms with Crippen molar-refractivity contribution in [2.45, 2.75) is 32.0 Å². The van der Waals surface area contributed by atoms with Crippen molar-refractivity contribution in [2.24, 2.45) is 5.73 Å². The van der Waals surface area contributed by atoms with Crippen LogP contribution < -0.4 is 5.73 Å². The van der Waals surface area contributed by atoms with Crippen molar-refractivity contribution in [1.29, 1.82) is 0 Å². The molecule has 0 amide bonds. The largest absolute Gasteiger partial charge is 0.428 e. The molecule has 1 aliphatic heterocycles. The Morgan fingerprint density at radius 3 is 2.85 bits per heavy atom. The van der Waals surface area contributed by atoms with Crippen LogP contribution in [0.15, 0.2) is 0 Å². The first-order valence-corrected chi connectivity index (χ1v) is 14.3. The molecular formula is C7H21NO2Si3. The molecule has 1 fully saturated rings. The summed E-state index contributed by atoms with van der Waals surface area (Å²) in [4.78, 5) is 0. The fraction of sp³-hybridized carbons (Fsp3) is 1.00. The van der Waals surface area contributed by atoms with Crippen molar-refractivity contribution in [3.63, 3.8) is 0 Å². The third-order valence-corrected chi connectivity index (χ3v) is 24.9. The summed E-state index contributed by atoms with van der Waals surface area (Å²) in [5.74, 6) is 0. The molecule has 0 aliphatic carbocycles. The van der Waals surface area contributed by atoms with E-state index >= 15 is 0 Å². The zero-order valence-electron chi connectivity index (χ0n) is 8.71. The number of hydrogen-bond donors (Lipinski definition) is 1. The summed E-state index contributed by atoms with van der Waals surface area (Å²) in [6.45, 7) is 6.09. The Labute approximate surface area is 85.8 Å². The molecule has 1 heterocycles. The third kappa shape index (κ3) is 2.74. The number of hydrogen-bond acceptors (Lipinski definition) is 3. The molecule has 1 aliphatic rings. The van der Waals surface area contributed by atoms with Crippen LogP contribution >= 0.6 is 0 Å². The Kier molecular flexibility index (Phi) is 4.84. The smallest absolute Gasteiger partial charge is 0.190 e. The molecule has 2 atom stereocenters. The van der Waals surface area contributed by atoms with E-state index < -0.39 is 7.83 Å². The molecule has 2 N–H and O–H groups in total. The molecule has 0 aromatic rings. The molecule has 13 heavy (non-hydrogen) atoms. The first-order valence-electron chi connectivity index (χ1n) is 5.22. The van der Waals surface area contributed by atoms with Crippen molar-refractivity contribution in [3.05, 3.63) is 0 Å². The van der Waals surface area contributed by atoms with Crippen LogP contribution in [0.25, 0.3) is 0 Å². The molecule has 6 heteroatoms. The fourth-order valence-corrected chi connectivity index (χ4v) is 24.0. The topological polar surface area (TPSA) is 44.5 Å². The highest BCUT2D eigenvalue weighted by molar-refractivity contribution is 7.41. The van der Waals surface area contributed by atoms with Gasteiger partial charge in [0.05, 0.1) is 8.55 Å². The molecule has 0 aromatic heterocycles. The van der Waals surface area contributed by atoms with Crippen LogP contribution in [0.5, 0.6) is 0 Å². The van der Waals surface area contributed by atoms with Gasteiger partial charge in [-0.15, -0.1) is 0 Å². The first-order chi connectivity index (χ1) is 6.25. The summed E-state index contributed by atoms with van der Waals surface area (Å²) in [7, 11) is -1.65. The minimum absolute atomic E-state index is 0.0455. The van der Waals surface area contributed by atoms with E-state index in [-0.39, 0.29) is 17.8 Å². The lowest BCUT2D eigenvalue weighted by Crippen LogP contribution is -2.64. The van der Waals surface area contributed by atoms with Gasteiger partial charge in [0.25, 0.3) is 0 Å². The van der Waals surface area contributed by atoms with Gasteiger partial charge in [-0.2, -0.15) is 0 Å². The lowest BCUT2D eigenvalue weighted by Gasteiger charge is -2.38. The maximum atomic E-state index is 6.21. The minimum atomic E-state index is -1.43. The summed E-state index contributed by atoms with van der Waals surface area (Å²) in [5, 5.41) is 0. The lowest BCUT2D eigenvalue weighted by atomic mass is 10.5. The average molecular weight is 236 g/mol. The van der Waals surface area contributed by atoms with Crippen LogP contribution in [0.4, 0.5) is 0 Å². The molecule has 0 radical (unpaired) electrons. The van der Waals surface area contributed by atoms with Crippen LogP contribution in [0.3, 0.4) is 0 Å².